The summed E-state index contributed by atoms with van der Waals surface area (Å²) in [6.07, 6.45) is 1.55. The Hall–Kier alpha value is -1.09. The second-order valence-electron chi connectivity index (χ2n) is 3.54. The summed E-state index contributed by atoms with van der Waals surface area (Å²) in [7, 11) is 0. The first kappa shape index (κ1) is 12.0. The highest BCUT2D eigenvalue weighted by Gasteiger charge is 2.17. The van der Waals surface area contributed by atoms with Gasteiger partial charge in [0, 0.05) is 23.8 Å². The van der Waals surface area contributed by atoms with Crippen molar-refractivity contribution in [2.75, 3.05) is 6.54 Å². The number of hydrogen-bond acceptors (Lipinski definition) is 2. The number of aromatic nitrogens is 1. The van der Waals surface area contributed by atoms with Gasteiger partial charge in [-0.1, -0.05) is 11.6 Å². The molecule has 0 N–H and O–H groups in total. The molecule has 1 amide bonds. The van der Waals surface area contributed by atoms with Crippen LogP contribution in [0.15, 0.2) is 18.3 Å². The molecule has 0 aliphatic heterocycles. The van der Waals surface area contributed by atoms with Gasteiger partial charge < -0.3 is 4.90 Å². The number of amides is 1. The van der Waals surface area contributed by atoms with Crippen LogP contribution < -0.4 is 0 Å². The molecule has 0 spiro atoms. The largest absolute Gasteiger partial charge is 0.335 e. The standard InChI is InChI=1S/C11H15ClN2O/c1-4-14(8(2)3)11(15)10-7-9(12)5-6-13-10/h5-8H,4H2,1-3H3. The maximum Gasteiger partial charge on any atom is 0.272 e. The molecule has 3 nitrogen and oxygen atoms in total. The second kappa shape index (κ2) is 5.12. The first-order chi connectivity index (χ1) is 7.06. The third-order valence-electron chi connectivity index (χ3n) is 2.17. The first-order valence-corrected chi connectivity index (χ1v) is 5.36. The molecule has 0 aromatic carbocycles. The summed E-state index contributed by atoms with van der Waals surface area (Å²) >= 11 is 5.81. The van der Waals surface area contributed by atoms with E-state index in [0.29, 0.717) is 17.3 Å². The summed E-state index contributed by atoms with van der Waals surface area (Å²) in [6.45, 7) is 6.57. The van der Waals surface area contributed by atoms with E-state index in [1.54, 1.807) is 23.2 Å². The fourth-order valence-electron chi connectivity index (χ4n) is 1.41. The summed E-state index contributed by atoms with van der Waals surface area (Å²) in [5.41, 5.74) is 0.401. The molecular formula is C11H15ClN2O. The normalized spacial score (nSPS) is 10.5. The van der Waals surface area contributed by atoms with Crippen molar-refractivity contribution in [3.63, 3.8) is 0 Å². The summed E-state index contributed by atoms with van der Waals surface area (Å²) in [5.74, 6) is -0.0741. The van der Waals surface area contributed by atoms with Crippen LogP contribution in [0.1, 0.15) is 31.3 Å². The van der Waals surface area contributed by atoms with Crippen LogP contribution in [0.5, 0.6) is 0 Å². The molecule has 0 unspecified atom stereocenters. The molecule has 0 aliphatic carbocycles. The number of carbonyl (C=O) groups excluding carboxylic acids is 1. The summed E-state index contributed by atoms with van der Waals surface area (Å²) in [4.78, 5) is 17.7. The number of hydrogen-bond donors (Lipinski definition) is 0. The number of carbonyl (C=O) groups is 1. The number of nitrogens with zero attached hydrogens (tertiary/aromatic N) is 2. The Morgan fingerprint density at radius 2 is 2.27 bits per heavy atom. The zero-order chi connectivity index (χ0) is 11.4. The molecule has 0 fully saturated rings. The van der Waals surface area contributed by atoms with E-state index in [0.717, 1.165) is 0 Å². The topological polar surface area (TPSA) is 33.2 Å². The van der Waals surface area contributed by atoms with E-state index >= 15 is 0 Å². The molecule has 4 heteroatoms. The van der Waals surface area contributed by atoms with Gasteiger partial charge in [-0.3, -0.25) is 9.78 Å². The minimum absolute atomic E-state index is 0.0741. The summed E-state index contributed by atoms with van der Waals surface area (Å²) in [6, 6.07) is 3.42. The Morgan fingerprint density at radius 3 is 2.73 bits per heavy atom. The van der Waals surface area contributed by atoms with Crippen LogP contribution in [0.4, 0.5) is 0 Å². The lowest BCUT2D eigenvalue weighted by Crippen LogP contribution is -2.37. The van der Waals surface area contributed by atoms with Gasteiger partial charge in [-0.15, -0.1) is 0 Å². The van der Waals surface area contributed by atoms with Gasteiger partial charge in [0.25, 0.3) is 5.91 Å². The van der Waals surface area contributed by atoms with Crippen molar-refractivity contribution in [2.45, 2.75) is 26.8 Å². The van der Waals surface area contributed by atoms with E-state index in [1.165, 1.54) is 0 Å². The van der Waals surface area contributed by atoms with Gasteiger partial charge in [0.15, 0.2) is 0 Å². The van der Waals surface area contributed by atoms with Crippen molar-refractivity contribution in [3.05, 3.63) is 29.0 Å². The Bertz CT molecular complexity index is 352. The van der Waals surface area contributed by atoms with Crippen LogP contribution in [0.2, 0.25) is 5.02 Å². The lowest BCUT2D eigenvalue weighted by atomic mass is 10.2. The van der Waals surface area contributed by atoms with Crippen LogP contribution in [0.25, 0.3) is 0 Å². The van der Waals surface area contributed by atoms with Crippen LogP contribution in [0, 0.1) is 0 Å². The Morgan fingerprint density at radius 1 is 1.60 bits per heavy atom. The van der Waals surface area contributed by atoms with Gasteiger partial charge in [-0.05, 0) is 32.9 Å². The Kier molecular flexibility index (Phi) is 4.09. The van der Waals surface area contributed by atoms with Crippen molar-refractivity contribution >= 4 is 17.5 Å². The van der Waals surface area contributed by atoms with E-state index in [4.69, 9.17) is 11.6 Å². The van der Waals surface area contributed by atoms with E-state index in [2.05, 4.69) is 4.98 Å². The molecule has 1 aromatic heterocycles. The molecular weight excluding hydrogens is 212 g/mol. The van der Waals surface area contributed by atoms with Crippen molar-refractivity contribution < 1.29 is 4.79 Å². The molecule has 0 saturated carbocycles. The number of rotatable bonds is 3. The molecule has 0 atom stereocenters. The predicted octanol–water partition coefficient (Wildman–Crippen LogP) is 2.61. The number of halogens is 1. The Balaban J connectivity index is 2.93. The highest BCUT2D eigenvalue weighted by Crippen LogP contribution is 2.11. The molecule has 1 heterocycles. The SMILES string of the molecule is CCN(C(=O)c1cc(Cl)ccn1)C(C)C. The third-order valence-corrected chi connectivity index (χ3v) is 2.40. The van der Waals surface area contributed by atoms with Crippen molar-refractivity contribution in [1.29, 1.82) is 0 Å². The maximum atomic E-state index is 12.0. The van der Waals surface area contributed by atoms with Gasteiger partial charge in [0.1, 0.15) is 5.69 Å². The summed E-state index contributed by atoms with van der Waals surface area (Å²) in [5, 5.41) is 0.535. The molecule has 82 valence electrons. The summed E-state index contributed by atoms with van der Waals surface area (Å²) < 4.78 is 0. The van der Waals surface area contributed by atoms with Crippen molar-refractivity contribution in [2.24, 2.45) is 0 Å². The molecule has 1 rings (SSSR count). The number of pyridine rings is 1. The minimum Gasteiger partial charge on any atom is -0.335 e. The van der Waals surface area contributed by atoms with Crippen molar-refractivity contribution in [3.8, 4) is 0 Å². The molecule has 0 bridgehead atoms. The smallest absolute Gasteiger partial charge is 0.272 e. The van der Waals surface area contributed by atoms with Crippen LogP contribution in [-0.2, 0) is 0 Å². The minimum atomic E-state index is -0.0741. The van der Waals surface area contributed by atoms with Crippen LogP contribution in [-0.4, -0.2) is 28.4 Å². The predicted molar refractivity (Wildman–Crippen MR) is 61.1 cm³/mol. The lowest BCUT2D eigenvalue weighted by Gasteiger charge is -2.24. The molecule has 0 saturated heterocycles. The van der Waals surface area contributed by atoms with Crippen molar-refractivity contribution in [1.82, 2.24) is 9.88 Å². The second-order valence-corrected chi connectivity index (χ2v) is 3.98. The monoisotopic (exact) mass is 226 g/mol. The van der Waals surface area contributed by atoms with Gasteiger partial charge in [0.05, 0.1) is 0 Å². The van der Waals surface area contributed by atoms with E-state index in [1.807, 2.05) is 20.8 Å². The third kappa shape index (κ3) is 2.93. The van der Waals surface area contributed by atoms with Crippen LogP contribution >= 0.6 is 11.6 Å². The fourth-order valence-corrected chi connectivity index (χ4v) is 1.57. The average molecular weight is 227 g/mol. The van der Waals surface area contributed by atoms with Gasteiger partial charge >= 0.3 is 0 Å². The molecule has 0 aliphatic rings. The van der Waals surface area contributed by atoms with E-state index in [-0.39, 0.29) is 11.9 Å². The van der Waals surface area contributed by atoms with Gasteiger partial charge in [-0.2, -0.15) is 0 Å². The molecule has 1 aromatic rings. The van der Waals surface area contributed by atoms with Gasteiger partial charge in [0.2, 0.25) is 0 Å². The van der Waals surface area contributed by atoms with Gasteiger partial charge in [-0.25, -0.2) is 0 Å². The highest BCUT2D eigenvalue weighted by atomic mass is 35.5. The maximum absolute atomic E-state index is 12.0. The average Bonchev–Trinajstić information content (AvgIpc) is 2.18. The quantitative estimate of drug-likeness (QED) is 0.794. The molecule has 15 heavy (non-hydrogen) atoms. The zero-order valence-electron chi connectivity index (χ0n) is 9.20. The molecule has 0 radical (unpaired) electrons. The van der Waals surface area contributed by atoms with E-state index < -0.39 is 0 Å². The fraction of sp³-hybridized carbons (Fsp3) is 0.455. The Labute approximate surface area is 95.1 Å². The van der Waals surface area contributed by atoms with E-state index in [9.17, 15) is 4.79 Å². The lowest BCUT2D eigenvalue weighted by molar-refractivity contribution is 0.0711. The first-order valence-electron chi connectivity index (χ1n) is 4.98. The zero-order valence-corrected chi connectivity index (χ0v) is 9.95. The highest BCUT2D eigenvalue weighted by molar-refractivity contribution is 6.30. The van der Waals surface area contributed by atoms with Crippen LogP contribution in [0.3, 0.4) is 0 Å².